The first-order valence-electron chi connectivity index (χ1n) is 8.19. The number of carbonyl (C=O) groups is 4. The van der Waals surface area contributed by atoms with Crippen LogP contribution in [0.25, 0.3) is 0 Å². The number of esters is 1. The molecule has 2 aromatic rings. The van der Waals surface area contributed by atoms with Crippen LogP contribution in [0.4, 0.5) is 0 Å². The summed E-state index contributed by atoms with van der Waals surface area (Å²) in [5.74, 6) is -4.12. The van der Waals surface area contributed by atoms with Gasteiger partial charge >= 0.3 is 17.9 Å². The van der Waals surface area contributed by atoms with Crippen LogP contribution in [0, 0.1) is 0 Å². The molecule has 1 aliphatic rings. The Labute approximate surface area is 153 Å². The van der Waals surface area contributed by atoms with Crippen LogP contribution in [-0.2, 0) is 22.4 Å². The minimum Gasteiger partial charge on any atom is -0.476 e. The van der Waals surface area contributed by atoms with Crippen molar-refractivity contribution in [1.29, 1.82) is 0 Å². The number of ether oxygens (including phenoxy) is 1. The number of aromatic carboxylic acids is 2. The molecule has 0 radical (unpaired) electrons. The van der Waals surface area contributed by atoms with Gasteiger partial charge in [0.1, 0.15) is 6.04 Å². The van der Waals surface area contributed by atoms with E-state index in [2.05, 4.69) is 4.98 Å². The summed E-state index contributed by atoms with van der Waals surface area (Å²) in [5.41, 5.74) is 1.17. The molecular formula is C18H16N2O7. The van der Waals surface area contributed by atoms with Gasteiger partial charge in [0.05, 0.1) is 13.0 Å². The van der Waals surface area contributed by atoms with Gasteiger partial charge in [0.2, 0.25) is 5.82 Å². The molecule has 1 aliphatic carbocycles. The topological polar surface area (TPSA) is 136 Å². The van der Waals surface area contributed by atoms with E-state index in [1.54, 1.807) is 25.1 Å². The van der Waals surface area contributed by atoms with Crippen LogP contribution in [0.15, 0.2) is 24.4 Å². The van der Waals surface area contributed by atoms with E-state index in [-0.39, 0.29) is 25.2 Å². The van der Waals surface area contributed by atoms with Crippen molar-refractivity contribution in [1.82, 2.24) is 9.55 Å². The van der Waals surface area contributed by atoms with E-state index >= 15 is 0 Å². The predicted molar refractivity (Wildman–Crippen MR) is 90.0 cm³/mol. The number of Topliss-reactive ketones (excluding diaryl/α,β-unsaturated/α-hetero) is 1. The van der Waals surface area contributed by atoms with E-state index < -0.39 is 35.5 Å². The van der Waals surface area contributed by atoms with Gasteiger partial charge in [-0.05, 0) is 18.1 Å². The molecule has 2 N–H and O–H groups in total. The lowest BCUT2D eigenvalue weighted by Gasteiger charge is -2.11. The van der Waals surface area contributed by atoms with Crippen molar-refractivity contribution in [2.45, 2.75) is 25.8 Å². The molecule has 9 nitrogen and oxygen atoms in total. The van der Waals surface area contributed by atoms with Gasteiger partial charge in [-0.2, -0.15) is 0 Å². The molecule has 1 aromatic heterocycles. The number of nitrogens with zero attached hydrogens (tertiary/aromatic N) is 2. The molecule has 0 fully saturated rings. The van der Waals surface area contributed by atoms with E-state index in [1.807, 2.05) is 0 Å². The fourth-order valence-electron chi connectivity index (χ4n) is 3.22. The summed E-state index contributed by atoms with van der Waals surface area (Å²) in [7, 11) is 0. The second-order valence-corrected chi connectivity index (χ2v) is 5.98. The van der Waals surface area contributed by atoms with Gasteiger partial charge < -0.3 is 19.5 Å². The number of hydrogen-bond acceptors (Lipinski definition) is 6. The van der Waals surface area contributed by atoms with E-state index in [4.69, 9.17) is 9.84 Å². The van der Waals surface area contributed by atoms with E-state index in [9.17, 15) is 24.3 Å². The Bertz CT molecular complexity index is 961. The zero-order chi connectivity index (χ0) is 19.7. The first kappa shape index (κ1) is 18.3. The van der Waals surface area contributed by atoms with E-state index in [0.29, 0.717) is 16.7 Å². The third kappa shape index (κ3) is 3.31. The second kappa shape index (κ2) is 7.02. The number of fused-ring (bicyclic) bond motifs is 1. The molecule has 0 saturated heterocycles. The highest BCUT2D eigenvalue weighted by Gasteiger charge is 2.36. The Morgan fingerprint density at radius 1 is 1.26 bits per heavy atom. The number of ketones is 1. The molecule has 0 spiro atoms. The molecule has 0 bridgehead atoms. The van der Waals surface area contributed by atoms with Crippen LogP contribution in [0.5, 0.6) is 0 Å². The lowest BCUT2D eigenvalue weighted by molar-refractivity contribution is -0.142. The Balaban J connectivity index is 1.99. The zero-order valence-corrected chi connectivity index (χ0v) is 14.3. The lowest BCUT2D eigenvalue weighted by Crippen LogP contribution is -2.20. The van der Waals surface area contributed by atoms with Gasteiger partial charge in [0, 0.05) is 18.2 Å². The molecule has 1 aromatic carbocycles. The maximum atomic E-state index is 12.8. The molecule has 1 atom stereocenters. The zero-order valence-electron chi connectivity index (χ0n) is 14.3. The van der Waals surface area contributed by atoms with Crippen LogP contribution >= 0.6 is 0 Å². The standard InChI is InChI=1S/C18H16N2O7/c1-2-27-14(21)6-9-4-3-5-10-11(9)7-13(15(10)22)20-8-12(17(23)24)19-16(20)18(25)26/h3-5,8,13H,2,6-7H2,1H3,(H,23,24)(H,25,26). The van der Waals surface area contributed by atoms with Gasteiger partial charge in [0.25, 0.3) is 0 Å². The molecule has 140 valence electrons. The van der Waals surface area contributed by atoms with Gasteiger partial charge in [-0.1, -0.05) is 18.2 Å². The smallest absolute Gasteiger partial charge is 0.372 e. The molecule has 1 unspecified atom stereocenters. The Kier molecular flexibility index (Phi) is 4.76. The minimum atomic E-state index is -1.43. The van der Waals surface area contributed by atoms with Crippen molar-refractivity contribution < 1.29 is 34.1 Å². The van der Waals surface area contributed by atoms with Crippen LogP contribution in [-0.4, -0.2) is 50.1 Å². The van der Waals surface area contributed by atoms with E-state index in [0.717, 1.165) is 10.8 Å². The maximum absolute atomic E-state index is 12.8. The van der Waals surface area contributed by atoms with Gasteiger partial charge in [-0.15, -0.1) is 0 Å². The Morgan fingerprint density at radius 3 is 2.63 bits per heavy atom. The number of benzene rings is 1. The Morgan fingerprint density at radius 2 is 2.00 bits per heavy atom. The van der Waals surface area contributed by atoms with Crippen LogP contribution in [0.3, 0.4) is 0 Å². The summed E-state index contributed by atoms with van der Waals surface area (Å²) in [4.78, 5) is 50.8. The number of carboxylic acid groups (broad SMARTS) is 2. The number of aromatic nitrogens is 2. The summed E-state index contributed by atoms with van der Waals surface area (Å²) < 4.78 is 6.01. The molecule has 1 heterocycles. The molecule has 27 heavy (non-hydrogen) atoms. The highest BCUT2D eigenvalue weighted by Crippen LogP contribution is 2.34. The summed E-state index contributed by atoms with van der Waals surface area (Å²) in [5, 5.41) is 18.4. The summed E-state index contributed by atoms with van der Waals surface area (Å²) in [6.45, 7) is 1.93. The highest BCUT2D eigenvalue weighted by molar-refractivity contribution is 6.04. The summed E-state index contributed by atoms with van der Waals surface area (Å²) in [6, 6.07) is 4.01. The minimum absolute atomic E-state index is 0.00684. The average Bonchev–Trinajstić information content (AvgIpc) is 3.18. The number of carboxylic acids is 2. The third-order valence-electron chi connectivity index (χ3n) is 4.36. The summed E-state index contributed by atoms with van der Waals surface area (Å²) in [6.07, 6.45) is 1.18. The van der Waals surface area contributed by atoms with Crippen LogP contribution in [0.2, 0.25) is 0 Å². The molecule has 9 heteroatoms. The average molecular weight is 372 g/mol. The largest absolute Gasteiger partial charge is 0.476 e. The van der Waals surface area contributed by atoms with Crippen molar-refractivity contribution in [3.8, 4) is 0 Å². The fourth-order valence-corrected chi connectivity index (χ4v) is 3.22. The Hall–Kier alpha value is -3.49. The van der Waals surface area contributed by atoms with Crippen LogP contribution < -0.4 is 0 Å². The van der Waals surface area contributed by atoms with Crippen molar-refractivity contribution in [3.63, 3.8) is 0 Å². The van der Waals surface area contributed by atoms with Crippen LogP contribution in [0.1, 0.15) is 55.6 Å². The van der Waals surface area contributed by atoms with Gasteiger partial charge in [0.15, 0.2) is 11.5 Å². The number of imidazole rings is 1. The first-order valence-corrected chi connectivity index (χ1v) is 8.19. The quantitative estimate of drug-likeness (QED) is 0.726. The molecule has 0 aliphatic heterocycles. The SMILES string of the molecule is CCOC(=O)Cc1cccc2c1CC(n1cc(C(=O)O)nc1C(=O)O)C2=O. The van der Waals surface area contributed by atoms with Gasteiger partial charge in [-0.3, -0.25) is 9.59 Å². The lowest BCUT2D eigenvalue weighted by atomic mass is 10.0. The monoisotopic (exact) mass is 372 g/mol. The molecular weight excluding hydrogens is 356 g/mol. The van der Waals surface area contributed by atoms with E-state index in [1.165, 1.54) is 0 Å². The highest BCUT2D eigenvalue weighted by atomic mass is 16.5. The second-order valence-electron chi connectivity index (χ2n) is 5.98. The van der Waals surface area contributed by atoms with Gasteiger partial charge in [-0.25, -0.2) is 14.6 Å². The van der Waals surface area contributed by atoms with Crippen molar-refractivity contribution in [3.05, 3.63) is 52.6 Å². The normalized spacial score (nSPS) is 15.4. The number of carbonyl (C=O) groups excluding carboxylic acids is 2. The fraction of sp³-hybridized carbons (Fsp3) is 0.278. The summed E-state index contributed by atoms with van der Waals surface area (Å²) >= 11 is 0. The predicted octanol–water partition coefficient (Wildman–Crippen LogP) is 1.37. The van der Waals surface area contributed by atoms with Crippen molar-refractivity contribution in [2.24, 2.45) is 0 Å². The van der Waals surface area contributed by atoms with Crippen molar-refractivity contribution >= 4 is 23.7 Å². The molecule has 0 amide bonds. The first-order chi connectivity index (χ1) is 12.8. The third-order valence-corrected chi connectivity index (χ3v) is 4.36. The maximum Gasteiger partial charge on any atom is 0.372 e. The molecule has 3 rings (SSSR count). The van der Waals surface area contributed by atoms with Crippen molar-refractivity contribution in [2.75, 3.05) is 6.61 Å². The number of hydrogen-bond donors (Lipinski definition) is 2. The number of rotatable bonds is 6. The molecule has 0 saturated carbocycles.